The Morgan fingerprint density at radius 3 is 1.78 bits per heavy atom. The zero-order valence-corrected chi connectivity index (χ0v) is 8.81. The maximum absolute atomic E-state index is 9.26. The zero-order valence-electron chi connectivity index (χ0n) is 4.84. The van der Waals surface area contributed by atoms with E-state index in [9.17, 15) is 2.81 Å². The molecule has 0 saturated heterocycles. The van der Waals surface area contributed by atoms with Crippen LogP contribution in [0.3, 0.4) is 0 Å². The summed E-state index contributed by atoms with van der Waals surface area (Å²) in [5.74, 6) is 0. The fourth-order valence-corrected chi connectivity index (χ4v) is 0. The van der Waals surface area contributed by atoms with Crippen molar-refractivity contribution < 1.29 is 32.4 Å². The monoisotopic (exact) mass is 252 g/mol. The number of halogens is 2. The van der Waals surface area contributed by atoms with Gasteiger partial charge in [-0.25, -0.2) is 0 Å². The van der Waals surface area contributed by atoms with Crippen molar-refractivity contribution in [3.63, 3.8) is 0 Å². The molecule has 0 bridgehead atoms. The van der Waals surface area contributed by atoms with E-state index >= 15 is 0 Å². The van der Waals surface area contributed by atoms with Crippen molar-refractivity contribution in [2.45, 2.75) is 13.0 Å². The van der Waals surface area contributed by atoms with Crippen LogP contribution in [0.25, 0.3) is 0 Å². The molecule has 2 N–H and O–H groups in total. The number of aliphatic hydroxyl groups excluding tert-OH is 2. The molecule has 0 amide bonds. The Kier molecular flexibility index (Phi) is 13.1. The van der Waals surface area contributed by atoms with Crippen LogP contribution in [0.2, 0.25) is 0 Å². The van der Waals surface area contributed by atoms with Gasteiger partial charge < -0.3 is 10.2 Å². The molecule has 0 aromatic heterocycles. The Morgan fingerprint density at radius 1 is 1.67 bits per heavy atom. The summed E-state index contributed by atoms with van der Waals surface area (Å²) < 4.78 is 9.26. The molecular weight excluding hydrogens is 246 g/mol. The summed E-state index contributed by atoms with van der Waals surface area (Å²) in [5, 5.41) is 16.0. The normalized spacial score (nSPS) is 11.2. The van der Waals surface area contributed by atoms with Crippen LogP contribution in [0.4, 0.5) is 0 Å². The Bertz CT molecular complexity index is 73.5. The Morgan fingerprint density at radius 2 is 1.78 bits per heavy atom. The molecule has 1 unspecified atom stereocenters. The summed E-state index contributed by atoms with van der Waals surface area (Å²) in [6, 6.07) is 0. The number of aliphatic hydroxyl groups is 2. The Labute approximate surface area is 68.8 Å². The van der Waals surface area contributed by atoms with E-state index in [0.717, 1.165) is 0 Å². The third-order valence-corrected chi connectivity index (χ3v) is 0.264. The molecule has 0 aromatic rings. The first-order chi connectivity index (χ1) is 4.00. The average molecular weight is 254 g/mol. The first-order valence-corrected chi connectivity index (χ1v) is 9.48. The Hall–Kier alpha value is 1.18. The van der Waals surface area contributed by atoms with Gasteiger partial charge in [0.25, 0.3) is 0 Å². The first kappa shape index (κ1) is 12.8. The molecule has 0 rings (SSSR count). The van der Waals surface area contributed by atoms with E-state index < -0.39 is 25.5 Å². The molecule has 0 aliphatic heterocycles. The number of hydrogen-bond donors (Lipinski definition) is 2. The van der Waals surface area contributed by atoms with Crippen molar-refractivity contribution in [1.82, 2.24) is 0 Å². The molecule has 56 valence electrons. The molecule has 0 aliphatic carbocycles. The fraction of sp³-hybridized carbons (Fsp3) is 1.00. The second kappa shape index (κ2) is 9.18. The molecule has 1 atom stereocenters. The maximum atomic E-state index is 9.26. The summed E-state index contributed by atoms with van der Waals surface area (Å²) in [4.78, 5) is 0. The second-order valence-corrected chi connectivity index (χ2v) is 7.57. The van der Waals surface area contributed by atoms with Gasteiger partial charge in [-0.3, -0.25) is 0 Å². The molecule has 0 spiro atoms. The SMILES string of the molecule is CC(O)CO.[O]=[Zr]([Cl])[Cl]. The fourth-order valence-electron chi connectivity index (χ4n) is 0. The Balaban J connectivity index is 0. The van der Waals surface area contributed by atoms with Gasteiger partial charge in [-0.05, 0) is 6.92 Å². The molecule has 3 nitrogen and oxygen atoms in total. The standard InChI is InChI=1S/C3H8O2.2ClH.O.Zr/c1-3(5)2-4;;;;/h3-5H,2H2,1H3;2*1H;;/q;;;;+2/p-2. The summed E-state index contributed by atoms with van der Waals surface area (Å²) in [7, 11) is 9.36. The van der Waals surface area contributed by atoms with Crippen molar-refractivity contribution in [3.05, 3.63) is 0 Å². The topological polar surface area (TPSA) is 57.5 Å². The third kappa shape index (κ3) is 46.8. The van der Waals surface area contributed by atoms with E-state index in [1.807, 2.05) is 0 Å². The molecule has 0 radical (unpaired) electrons. The predicted octanol–water partition coefficient (Wildman–Crippen LogP) is 0.617. The van der Waals surface area contributed by atoms with Gasteiger partial charge in [0.2, 0.25) is 0 Å². The minimum absolute atomic E-state index is 0.139. The molecular formula is C3H8Cl2O3Zr. The van der Waals surface area contributed by atoms with Gasteiger partial charge in [0.15, 0.2) is 0 Å². The van der Waals surface area contributed by atoms with Gasteiger partial charge in [0.05, 0.1) is 12.7 Å². The van der Waals surface area contributed by atoms with E-state index in [1.54, 1.807) is 0 Å². The van der Waals surface area contributed by atoms with Gasteiger partial charge in [0.1, 0.15) is 0 Å². The molecule has 0 aromatic carbocycles. The van der Waals surface area contributed by atoms with Gasteiger partial charge >= 0.3 is 39.2 Å². The molecule has 0 fully saturated rings. The summed E-state index contributed by atoms with van der Waals surface area (Å²) >= 11 is -2.85. The van der Waals surface area contributed by atoms with Gasteiger partial charge in [-0.1, -0.05) is 0 Å². The molecule has 9 heavy (non-hydrogen) atoms. The number of hydrogen-bond acceptors (Lipinski definition) is 3. The van der Waals surface area contributed by atoms with E-state index in [4.69, 9.17) is 10.2 Å². The van der Waals surface area contributed by atoms with E-state index in [0.29, 0.717) is 0 Å². The van der Waals surface area contributed by atoms with Crippen LogP contribution in [-0.2, 0) is 22.2 Å². The van der Waals surface area contributed by atoms with Crippen LogP contribution in [0.15, 0.2) is 0 Å². The first-order valence-electron chi connectivity index (χ1n) is 2.14. The third-order valence-electron chi connectivity index (χ3n) is 0.264. The zero-order chi connectivity index (χ0) is 7.86. The predicted molar refractivity (Wildman–Crippen MR) is 31.2 cm³/mol. The van der Waals surface area contributed by atoms with Crippen molar-refractivity contribution in [2.24, 2.45) is 0 Å². The molecule has 0 heterocycles. The second-order valence-electron chi connectivity index (χ2n) is 1.26. The van der Waals surface area contributed by atoms with E-state index in [1.165, 1.54) is 6.92 Å². The van der Waals surface area contributed by atoms with Crippen LogP contribution in [-0.4, -0.2) is 22.9 Å². The van der Waals surface area contributed by atoms with Crippen LogP contribution >= 0.6 is 17.0 Å². The van der Waals surface area contributed by atoms with Gasteiger partial charge in [0, 0.05) is 0 Å². The average Bonchev–Trinajstić information content (AvgIpc) is 1.65. The summed E-state index contributed by atoms with van der Waals surface area (Å²) in [5.41, 5.74) is 0. The molecule has 6 heteroatoms. The van der Waals surface area contributed by atoms with Crippen LogP contribution in [0.1, 0.15) is 6.92 Å². The van der Waals surface area contributed by atoms with Crippen molar-refractivity contribution >= 4 is 17.0 Å². The van der Waals surface area contributed by atoms with Crippen molar-refractivity contribution in [2.75, 3.05) is 6.61 Å². The van der Waals surface area contributed by atoms with Gasteiger partial charge in [-0.2, -0.15) is 0 Å². The van der Waals surface area contributed by atoms with Crippen LogP contribution in [0, 0.1) is 0 Å². The van der Waals surface area contributed by atoms with Gasteiger partial charge in [-0.15, -0.1) is 0 Å². The summed E-state index contributed by atoms with van der Waals surface area (Å²) in [6.07, 6.45) is -0.560. The molecule has 0 aliphatic rings. The van der Waals surface area contributed by atoms with E-state index in [2.05, 4.69) is 17.0 Å². The van der Waals surface area contributed by atoms with Crippen LogP contribution in [0.5, 0.6) is 0 Å². The minimum atomic E-state index is -2.85. The quantitative estimate of drug-likeness (QED) is 0.721. The molecule has 0 saturated carbocycles. The van der Waals surface area contributed by atoms with Crippen molar-refractivity contribution in [3.8, 4) is 0 Å². The number of rotatable bonds is 1. The van der Waals surface area contributed by atoms with Crippen molar-refractivity contribution in [1.29, 1.82) is 0 Å². The van der Waals surface area contributed by atoms with E-state index in [-0.39, 0.29) is 6.61 Å². The van der Waals surface area contributed by atoms with Crippen LogP contribution < -0.4 is 0 Å². The summed E-state index contributed by atoms with van der Waals surface area (Å²) in [6.45, 7) is 1.39.